The molecule has 3 N–H and O–H groups in total. The highest BCUT2D eigenvalue weighted by Crippen LogP contribution is 2.38. The van der Waals surface area contributed by atoms with Crippen molar-refractivity contribution in [2.45, 2.75) is 57.3 Å². The predicted molar refractivity (Wildman–Crippen MR) is 107 cm³/mol. The maximum absolute atomic E-state index is 14.9. The highest BCUT2D eigenvalue weighted by Gasteiger charge is 2.41. The van der Waals surface area contributed by atoms with Crippen molar-refractivity contribution in [1.82, 2.24) is 29.9 Å². The Kier molecular flexibility index (Phi) is 5.99. The molecule has 0 radical (unpaired) electrons. The van der Waals surface area contributed by atoms with Crippen molar-refractivity contribution in [3.8, 4) is 5.88 Å². The van der Waals surface area contributed by atoms with Crippen LogP contribution in [0.1, 0.15) is 38.3 Å². The summed E-state index contributed by atoms with van der Waals surface area (Å²) in [4.78, 5) is 19.6. The molecule has 1 unspecified atom stereocenters. The molecule has 14 heteroatoms. The molecule has 0 aliphatic heterocycles. The summed E-state index contributed by atoms with van der Waals surface area (Å²) in [7, 11) is 0. The van der Waals surface area contributed by atoms with Gasteiger partial charge in [0.15, 0.2) is 5.82 Å². The molecule has 0 bridgehead atoms. The number of carbonyl (C=O) groups is 1. The van der Waals surface area contributed by atoms with Gasteiger partial charge in [-0.15, -0.1) is 13.2 Å². The van der Waals surface area contributed by atoms with Crippen molar-refractivity contribution >= 4 is 23.5 Å². The lowest BCUT2D eigenvalue weighted by molar-refractivity contribution is -0.276. The number of alkyl halides is 4. The number of nitrogens with one attached hydrogen (secondary N) is 3. The van der Waals surface area contributed by atoms with Gasteiger partial charge in [-0.1, -0.05) is 0 Å². The summed E-state index contributed by atoms with van der Waals surface area (Å²) in [6.45, 7) is 3.54. The van der Waals surface area contributed by atoms with Crippen LogP contribution in [0.4, 0.5) is 34.1 Å². The Morgan fingerprint density at radius 2 is 2.12 bits per heavy atom. The lowest BCUT2D eigenvalue weighted by Gasteiger charge is -2.18. The van der Waals surface area contributed by atoms with E-state index in [4.69, 9.17) is 4.74 Å². The van der Waals surface area contributed by atoms with Crippen molar-refractivity contribution in [3.05, 3.63) is 30.2 Å². The van der Waals surface area contributed by atoms with Gasteiger partial charge in [0.25, 0.3) is 0 Å². The molecule has 1 aliphatic carbocycles. The third-order valence-electron chi connectivity index (χ3n) is 4.98. The number of rotatable bonds is 6. The number of fused-ring (bicyclic) bond motifs is 1. The summed E-state index contributed by atoms with van der Waals surface area (Å²) in [5.74, 6) is -0.801. The molecular formula is C19H21F4N7O3. The Balaban J connectivity index is 1.45. The highest BCUT2D eigenvalue weighted by atomic mass is 19.4. The topological polar surface area (TPSA) is 118 Å². The first-order chi connectivity index (χ1) is 15.6. The molecule has 0 saturated heterocycles. The van der Waals surface area contributed by atoms with Crippen LogP contribution in [0.2, 0.25) is 0 Å². The zero-order valence-electron chi connectivity index (χ0n) is 17.6. The van der Waals surface area contributed by atoms with Gasteiger partial charge in [-0.2, -0.15) is 10.1 Å². The van der Waals surface area contributed by atoms with E-state index in [1.807, 2.05) is 0 Å². The number of hydrogen-bond acceptors (Lipinski definition) is 7. The minimum absolute atomic E-state index is 0.126. The molecule has 1 aliphatic rings. The zero-order valence-corrected chi connectivity index (χ0v) is 17.6. The molecule has 10 nitrogen and oxygen atoms in total. The van der Waals surface area contributed by atoms with Gasteiger partial charge in [0, 0.05) is 29.9 Å². The molecule has 1 saturated carbocycles. The normalized spacial score (nSPS) is 20.9. The molecular weight excluding hydrogens is 450 g/mol. The van der Waals surface area contributed by atoms with Gasteiger partial charge >= 0.3 is 12.5 Å². The molecule has 0 spiro atoms. The Morgan fingerprint density at radius 1 is 1.33 bits per heavy atom. The van der Waals surface area contributed by atoms with Gasteiger partial charge in [0.05, 0.1) is 6.20 Å². The van der Waals surface area contributed by atoms with E-state index in [9.17, 15) is 22.4 Å². The van der Waals surface area contributed by atoms with E-state index in [0.717, 1.165) is 6.20 Å². The molecule has 33 heavy (non-hydrogen) atoms. The molecule has 3 heterocycles. The SMILES string of the molecule is CC(C)NC(=O)OC1CC[C@H](c2cc(Nc3nccc4nc(OC(F)(F)F)cn34)n[nH]2)[C@H]1F. The predicted octanol–water partition coefficient (Wildman–Crippen LogP) is 3.81. The molecule has 178 valence electrons. The van der Waals surface area contributed by atoms with Crippen LogP contribution < -0.4 is 15.4 Å². The van der Waals surface area contributed by atoms with Crippen LogP contribution in [0.3, 0.4) is 0 Å². The maximum Gasteiger partial charge on any atom is 0.574 e. The second-order valence-corrected chi connectivity index (χ2v) is 7.83. The smallest absolute Gasteiger partial charge is 0.443 e. The molecule has 1 fully saturated rings. The van der Waals surface area contributed by atoms with E-state index in [0.29, 0.717) is 18.5 Å². The van der Waals surface area contributed by atoms with Crippen LogP contribution >= 0.6 is 0 Å². The number of aromatic amines is 1. The first-order valence-electron chi connectivity index (χ1n) is 10.1. The molecule has 0 aromatic carbocycles. The first-order valence-corrected chi connectivity index (χ1v) is 10.1. The number of anilines is 2. The van der Waals surface area contributed by atoms with E-state index in [1.54, 1.807) is 19.9 Å². The molecule has 1 amide bonds. The average Bonchev–Trinajstić information content (AvgIpc) is 3.40. The van der Waals surface area contributed by atoms with Crippen LogP contribution in [-0.2, 0) is 4.74 Å². The Labute approximate surface area is 184 Å². The second kappa shape index (κ2) is 8.75. The molecule has 3 aromatic rings. The third kappa shape index (κ3) is 5.26. The van der Waals surface area contributed by atoms with Crippen LogP contribution in [0, 0.1) is 0 Å². The highest BCUT2D eigenvalue weighted by molar-refractivity contribution is 5.67. The lowest BCUT2D eigenvalue weighted by atomic mass is 10.0. The fourth-order valence-corrected chi connectivity index (χ4v) is 3.64. The fraction of sp³-hybridized carbons (Fsp3) is 0.474. The van der Waals surface area contributed by atoms with E-state index in [2.05, 4.69) is 35.5 Å². The summed E-state index contributed by atoms with van der Waals surface area (Å²) in [5.41, 5.74) is 0.654. The lowest BCUT2D eigenvalue weighted by Crippen LogP contribution is -2.36. The summed E-state index contributed by atoms with van der Waals surface area (Å²) >= 11 is 0. The van der Waals surface area contributed by atoms with Crippen molar-refractivity contribution in [2.75, 3.05) is 5.32 Å². The number of alkyl carbamates (subject to hydrolysis) is 1. The molecule has 3 aromatic heterocycles. The number of nitrogens with zero attached hydrogens (tertiary/aromatic N) is 4. The number of amides is 1. The number of H-pyrrole nitrogens is 1. The second-order valence-electron chi connectivity index (χ2n) is 7.83. The minimum atomic E-state index is -4.88. The summed E-state index contributed by atoms with van der Waals surface area (Å²) in [6.07, 6.45) is -4.66. The van der Waals surface area contributed by atoms with Crippen LogP contribution in [-0.4, -0.2) is 55.3 Å². The first kappa shape index (κ1) is 22.6. The average molecular weight is 471 g/mol. The summed E-state index contributed by atoms with van der Waals surface area (Å²) in [5, 5.41) is 12.3. The quantitative estimate of drug-likeness (QED) is 0.468. The van der Waals surface area contributed by atoms with Crippen molar-refractivity contribution < 1.29 is 31.8 Å². The van der Waals surface area contributed by atoms with E-state index < -0.39 is 36.5 Å². The van der Waals surface area contributed by atoms with Gasteiger partial charge in [-0.3, -0.25) is 9.50 Å². The van der Waals surface area contributed by atoms with Crippen LogP contribution in [0.15, 0.2) is 24.5 Å². The van der Waals surface area contributed by atoms with Crippen LogP contribution in [0.5, 0.6) is 5.88 Å². The number of imidazole rings is 1. The summed E-state index contributed by atoms with van der Waals surface area (Å²) in [6, 6.07) is 2.85. The monoisotopic (exact) mass is 471 g/mol. The number of ether oxygens (including phenoxy) is 2. The van der Waals surface area contributed by atoms with Crippen molar-refractivity contribution in [2.24, 2.45) is 0 Å². The van der Waals surface area contributed by atoms with Gasteiger partial charge in [-0.25, -0.2) is 14.2 Å². The number of carbonyl (C=O) groups excluding carboxylic acids is 1. The fourth-order valence-electron chi connectivity index (χ4n) is 3.64. The van der Waals surface area contributed by atoms with Gasteiger partial charge < -0.3 is 20.1 Å². The van der Waals surface area contributed by atoms with E-state index >= 15 is 0 Å². The summed E-state index contributed by atoms with van der Waals surface area (Å²) < 4.78 is 62.6. The molecule has 4 rings (SSSR count). The van der Waals surface area contributed by atoms with E-state index in [-0.39, 0.29) is 23.5 Å². The minimum Gasteiger partial charge on any atom is -0.443 e. The number of hydrogen-bond donors (Lipinski definition) is 3. The van der Waals surface area contributed by atoms with Crippen molar-refractivity contribution in [1.29, 1.82) is 0 Å². The Bertz CT molecular complexity index is 1130. The van der Waals surface area contributed by atoms with Gasteiger partial charge in [0.2, 0.25) is 11.8 Å². The number of aromatic nitrogens is 5. The zero-order chi connectivity index (χ0) is 23.8. The van der Waals surface area contributed by atoms with Crippen LogP contribution in [0.25, 0.3) is 5.65 Å². The molecule has 3 atom stereocenters. The Hall–Kier alpha value is -3.58. The number of halogens is 4. The maximum atomic E-state index is 14.9. The largest absolute Gasteiger partial charge is 0.574 e. The standard InChI is InChI=1S/C19H21F4N7O3/c1-9(2)25-18(31)32-12-4-3-10(16(12)20)11-7-13(29-28-11)26-17-24-6-5-14-27-15(8-30(14)17)33-19(21,22)23/h5-10,12,16H,3-4H2,1-2H3,(H,25,31)(H2,24,26,28,29)/t10-,12?,16-/m1/s1. The van der Waals surface area contributed by atoms with Gasteiger partial charge in [-0.05, 0) is 32.8 Å². The Morgan fingerprint density at radius 3 is 2.85 bits per heavy atom. The third-order valence-corrected chi connectivity index (χ3v) is 4.98. The van der Waals surface area contributed by atoms with E-state index in [1.165, 1.54) is 16.7 Å². The van der Waals surface area contributed by atoms with Crippen molar-refractivity contribution in [3.63, 3.8) is 0 Å². The van der Waals surface area contributed by atoms with Gasteiger partial charge in [0.1, 0.15) is 17.9 Å².